The molecule has 2 amide bonds. The highest BCUT2D eigenvalue weighted by Crippen LogP contribution is 2.34. The molecule has 2 aliphatic rings. The number of amides is 2. The van der Waals surface area contributed by atoms with Gasteiger partial charge in [-0.2, -0.15) is 0 Å². The highest BCUT2D eigenvalue weighted by Gasteiger charge is 2.41. The first-order chi connectivity index (χ1) is 11.6. The van der Waals surface area contributed by atoms with E-state index in [-0.39, 0.29) is 11.9 Å². The predicted octanol–water partition coefficient (Wildman–Crippen LogP) is 2.38. The fourth-order valence-corrected chi connectivity index (χ4v) is 3.95. The van der Waals surface area contributed by atoms with E-state index in [0.717, 1.165) is 19.5 Å². The van der Waals surface area contributed by atoms with Gasteiger partial charge < -0.3 is 15.4 Å². The summed E-state index contributed by atoms with van der Waals surface area (Å²) in [6.07, 6.45) is 2.38. The molecular formula is C19H35N3O3. The zero-order valence-corrected chi connectivity index (χ0v) is 16.6. The van der Waals surface area contributed by atoms with Gasteiger partial charge in [-0.3, -0.25) is 9.69 Å². The van der Waals surface area contributed by atoms with E-state index >= 15 is 0 Å². The molecule has 144 valence electrons. The van der Waals surface area contributed by atoms with Crippen LogP contribution in [0.25, 0.3) is 0 Å². The van der Waals surface area contributed by atoms with Crippen molar-refractivity contribution in [2.45, 2.75) is 71.6 Å². The standard InChI is InChI=1S/C19H35N3O3/c1-12(2)9-16(22(6)18(24)25-19(3,4)5)17(23)21-15-8-7-13-10-20-11-14(13)15/h12-16,20H,7-11H2,1-6H3,(H,21,23)/t13-,14+,15+,16?/m1/s1. The zero-order valence-electron chi connectivity index (χ0n) is 16.6. The lowest BCUT2D eigenvalue weighted by Gasteiger charge is -2.32. The maximum absolute atomic E-state index is 13.0. The van der Waals surface area contributed by atoms with Crippen LogP contribution in [0.3, 0.4) is 0 Å². The van der Waals surface area contributed by atoms with E-state index < -0.39 is 17.7 Å². The Morgan fingerprint density at radius 1 is 1.24 bits per heavy atom. The number of likely N-dealkylation sites (N-methyl/N-ethyl adjacent to an activating group) is 1. The maximum Gasteiger partial charge on any atom is 0.410 e. The number of nitrogens with one attached hydrogen (secondary N) is 2. The van der Waals surface area contributed by atoms with Crippen LogP contribution in [0.5, 0.6) is 0 Å². The normalized spacial score (nSPS) is 27.1. The number of nitrogens with zero attached hydrogens (tertiary/aromatic N) is 1. The lowest BCUT2D eigenvalue weighted by molar-refractivity contribution is -0.127. The molecule has 1 saturated heterocycles. The van der Waals surface area contributed by atoms with Crippen LogP contribution >= 0.6 is 0 Å². The molecule has 0 aromatic heterocycles. The van der Waals surface area contributed by atoms with E-state index in [1.807, 2.05) is 20.8 Å². The van der Waals surface area contributed by atoms with Crippen LogP contribution in [0.2, 0.25) is 0 Å². The van der Waals surface area contributed by atoms with Crippen LogP contribution in [0.15, 0.2) is 0 Å². The molecule has 0 spiro atoms. The highest BCUT2D eigenvalue weighted by atomic mass is 16.6. The third kappa shape index (κ3) is 5.33. The predicted molar refractivity (Wildman–Crippen MR) is 98.3 cm³/mol. The molecule has 1 aliphatic heterocycles. The molecule has 2 fully saturated rings. The number of carbonyl (C=O) groups excluding carboxylic acids is 2. The first-order valence-corrected chi connectivity index (χ1v) is 9.55. The summed E-state index contributed by atoms with van der Waals surface area (Å²) >= 11 is 0. The topological polar surface area (TPSA) is 70.7 Å². The van der Waals surface area contributed by atoms with Crippen molar-refractivity contribution in [2.24, 2.45) is 17.8 Å². The largest absolute Gasteiger partial charge is 0.444 e. The Hall–Kier alpha value is -1.30. The van der Waals surface area contributed by atoms with Crippen molar-refractivity contribution in [3.8, 4) is 0 Å². The Morgan fingerprint density at radius 3 is 2.52 bits per heavy atom. The lowest BCUT2D eigenvalue weighted by Crippen LogP contribution is -2.52. The minimum absolute atomic E-state index is 0.0559. The van der Waals surface area contributed by atoms with Crippen LogP contribution in [-0.4, -0.2) is 54.7 Å². The van der Waals surface area contributed by atoms with Gasteiger partial charge in [0.05, 0.1) is 0 Å². The second-order valence-corrected chi connectivity index (χ2v) is 9.01. The average Bonchev–Trinajstić information content (AvgIpc) is 3.07. The minimum atomic E-state index is -0.571. The molecule has 0 aromatic carbocycles. The van der Waals surface area contributed by atoms with Crippen LogP contribution in [0, 0.1) is 17.8 Å². The van der Waals surface area contributed by atoms with Crippen molar-refractivity contribution >= 4 is 12.0 Å². The lowest BCUT2D eigenvalue weighted by atomic mass is 9.96. The number of carbonyl (C=O) groups is 2. The van der Waals surface area contributed by atoms with Gasteiger partial charge in [0.15, 0.2) is 0 Å². The molecule has 1 aliphatic carbocycles. The summed E-state index contributed by atoms with van der Waals surface area (Å²) in [5, 5.41) is 6.65. The second-order valence-electron chi connectivity index (χ2n) is 9.01. The van der Waals surface area contributed by atoms with Gasteiger partial charge in [-0.25, -0.2) is 4.79 Å². The van der Waals surface area contributed by atoms with Crippen molar-refractivity contribution in [3.63, 3.8) is 0 Å². The van der Waals surface area contributed by atoms with Gasteiger partial charge in [-0.1, -0.05) is 13.8 Å². The molecule has 1 saturated carbocycles. The summed E-state index contributed by atoms with van der Waals surface area (Å²) in [7, 11) is 1.66. The summed E-state index contributed by atoms with van der Waals surface area (Å²) in [4.78, 5) is 26.8. The third-order valence-corrected chi connectivity index (χ3v) is 5.23. The molecule has 0 bridgehead atoms. The van der Waals surface area contributed by atoms with E-state index in [1.54, 1.807) is 7.05 Å². The van der Waals surface area contributed by atoms with Crippen molar-refractivity contribution in [3.05, 3.63) is 0 Å². The van der Waals surface area contributed by atoms with Crippen molar-refractivity contribution in [1.29, 1.82) is 0 Å². The first-order valence-electron chi connectivity index (χ1n) is 9.55. The van der Waals surface area contributed by atoms with Crippen LogP contribution in [-0.2, 0) is 9.53 Å². The summed E-state index contributed by atoms with van der Waals surface area (Å²) < 4.78 is 5.45. The summed E-state index contributed by atoms with van der Waals surface area (Å²) in [6, 6.07) is -0.280. The van der Waals surface area contributed by atoms with Crippen LogP contribution in [0.4, 0.5) is 4.79 Å². The van der Waals surface area contributed by atoms with E-state index in [0.29, 0.717) is 24.2 Å². The molecule has 1 unspecified atom stereocenters. The van der Waals surface area contributed by atoms with Crippen LogP contribution < -0.4 is 10.6 Å². The average molecular weight is 354 g/mol. The minimum Gasteiger partial charge on any atom is -0.444 e. The molecule has 6 nitrogen and oxygen atoms in total. The Bertz CT molecular complexity index is 487. The fourth-order valence-electron chi connectivity index (χ4n) is 3.95. The van der Waals surface area contributed by atoms with Crippen LogP contribution in [0.1, 0.15) is 53.9 Å². The number of rotatable bonds is 5. The van der Waals surface area contributed by atoms with Gasteiger partial charge in [0.2, 0.25) is 5.91 Å². The van der Waals surface area contributed by atoms with Crippen molar-refractivity contribution in [2.75, 3.05) is 20.1 Å². The molecule has 2 N–H and O–H groups in total. The smallest absolute Gasteiger partial charge is 0.410 e. The number of fused-ring (bicyclic) bond motifs is 1. The Morgan fingerprint density at radius 2 is 1.92 bits per heavy atom. The molecule has 6 heteroatoms. The van der Waals surface area contributed by atoms with Gasteiger partial charge in [-0.15, -0.1) is 0 Å². The molecular weight excluding hydrogens is 318 g/mol. The SMILES string of the molecule is CC(C)CC(C(=O)N[C@H]1CC[C@@H]2CNC[C@@H]21)N(C)C(=O)OC(C)(C)C. The number of hydrogen-bond donors (Lipinski definition) is 2. The van der Waals surface area contributed by atoms with Gasteiger partial charge in [-0.05, 0) is 64.3 Å². The van der Waals surface area contributed by atoms with Gasteiger partial charge in [0, 0.05) is 19.6 Å². The number of ether oxygens (including phenoxy) is 1. The molecule has 1 heterocycles. The summed E-state index contributed by atoms with van der Waals surface area (Å²) in [6.45, 7) is 11.7. The van der Waals surface area contributed by atoms with Gasteiger partial charge in [0.1, 0.15) is 11.6 Å². The first kappa shape index (κ1) is 20.0. The van der Waals surface area contributed by atoms with E-state index in [1.165, 1.54) is 11.3 Å². The van der Waals surface area contributed by atoms with E-state index in [9.17, 15) is 9.59 Å². The molecule has 2 rings (SSSR count). The van der Waals surface area contributed by atoms with E-state index in [4.69, 9.17) is 4.74 Å². The molecule has 0 radical (unpaired) electrons. The quantitative estimate of drug-likeness (QED) is 0.796. The van der Waals surface area contributed by atoms with Crippen molar-refractivity contribution < 1.29 is 14.3 Å². The Labute approximate surface area is 152 Å². The number of hydrogen-bond acceptors (Lipinski definition) is 4. The molecule has 0 aromatic rings. The fraction of sp³-hybridized carbons (Fsp3) is 0.895. The Balaban J connectivity index is 2.02. The van der Waals surface area contributed by atoms with Crippen molar-refractivity contribution in [1.82, 2.24) is 15.5 Å². The Kier molecular flexibility index (Phi) is 6.35. The monoisotopic (exact) mass is 353 g/mol. The highest BCUT2D eigenvalue weighted by molar-refractivity contribution is 5.86. The third-order valence-electron chi connectivity index (χ3n) is 5.23. The second kappa shape index (κ2) is 7.94. The summed E-state index contributed by atoms with van der Waals surface area (Å²) in [5.74, 6) is 1.46. The summed E-state index contributed by atoms with van der Waals surface area (Å²) in [5.41, 5.74) is -0.571. The zero-order chi connectivity index (χ0) is 18.8. The van der Waals surface area contributed by atoms with E-state index in [2.05, 4.69) is 24.5 Å². The van der Waals surface area contributed by atoms with Gasteiger partial charge in [0.25, 0.3) is 0 Å². The van der Waals surface area contributed by atoms with Gasteiger partial charge >= 0.3 is 6.09 Å². The molecule has 25 heavy (non-hydrogen) atoms. The maximum atomic E-state index is 13.0. The molecule has 4 atom stereocenters.